The summed E-state index contributed by atoms with van der Waals surface area (Å²) < 4.78 is 0. The number of hydrogen-bond donors (Lipinski definition) is 1. The summed E-state index contributed by atoms with van der Waals surface area (Å²) >= 11 is 1.35. The van der Waals surface area contributed by atoms with E-state index in [1.807, 2.05) is 0 Å². The van der Waals surface area contributed by atoms with Crippen molar-refractivity contribution in [2.45, 2.75) is 20.8 Å². The van der Waals surface area contributed by atoms with Gasteiger partial charge in [-0.05, 0) is 31.9 Å². The lowest BCUT2D eigenvalue weighted by atomic mass is 10.1. The van der Waals surface area contributed by atoms with E-state index in [-0.39, 0.29) is 0 Å². The highest BCUT2D eigenvalue weighted by atomic mass is 32.1. The summed E-state index contributed by atoms with van der Waals surface area (Å²) in [6, 6.07) is 6.38. The molecule has 1 aromatic heterocycles. The molecule has 0 aliphatic heterocycles. The van der Waals surface area contributed by atoms with Crippen LogP contribution in [0.4, 0.5) is 11.5 Å². The fourth-order valence-electron chi connectivity index (χ4n) is 1.91. The molecule has 0 amide bonds. The summed E-state index contributed by atoms with van der Waals surface area (Å²) in [6.07, 6.45) is 0. The maximum absolute atomic E-state index is 8.95. The van der Waals surface area contributed by atoms with Crippen molar-refractivity contribution in [2.75, 3.05) is 5.32 Å². The van der Waals surface area contributed by atoms with Gasteiger partial charge in [-0.3, -0.25) is 0 Å². The molecule has 2 rings (SSSR count). The Morgan fingerprint density at radius 1 is 1.24 bits per heavy atom. The minimum atomic E-state index is 0.615. The van der Waals surface area contributed by atoms with E-state index < -0.39 is 0 Å². The predicted octanol–water partition coefficient (Wildman–Crippen LogP) is 3.68. The lowest BCUT2D eigenvalue weighted by molar-refractivity contribution is 1.28. The Balaban J connectivity index is 2.41. The molecule has 0 spiro atoms. The average molecular weight is 243 g/mol. The summed E-state index contributed by atoms with van der Waals surface area (Å²) in [5, 5.41) is 12.2. The highest BCUT2D eigenvalue weighted by molar-refractivity contribution is 7.10. The molecule has 17 heavy (non-hydrogen) atoms. The maximum Gasteiger partial charge on any atom is 0.159 e. The molecule has 2 aromatic rings. The Morgan fingerprint density at radius 2 is 1.88 bits per heavy atom. The van der Waals surface area contributed by atoms with E-state index in [2.05, 4.69) is 49.3 Å². The molecule has 3 nitrogen and oxygen atoms in total. The fraction of sp³-hybridized carbons (Fsp3) is 0.231. The molecular formula is C13H13N3S. The van der Waals surface area contributed by atoms with Gasteiger partial charge in [0.25, 0.3) is 0 Å². The van der Waals surface area contributed by atoms with Crippen LogP contribution >= 0.6 is 11.3 Å². The molecule has 0 radical (unpaired) electrons. The summed E-state index contributed by atoms with van der Waals surface area (Å²) in [4.78, 5) is 4.79. The molecule has 0 aliphatic carbocycles. The zero-order chi connectivity index (χ0) is 12.4. The Labute approximate surface area is 105 Å². The third kappa shape index (κ3) is 2.29. The van der Waals surface area contributed by atoms with Gasteiger partial charge < -0.3 is 5.32 Å². The van der Waals surface area contributed by atoms with Crippen molar-refractivity contribution < 1.29 is 0 Å². The first-order valence-electron chi connectivity index (χ1n) is 5.30. The van der Waals surface area contributed by atoms with Gasteiger partial charge in [-0.25, -0.2) is 4.98 Å². The van der Waals surface area contributed by atoms with Crippen LogP contribution in [0.3, 0.4) is 0 Å². The van der Waals surface area contributed by atoms with Gasteiger partial charge in [0.2, 0.25) is 0 Å². The van der Waals surface area contributed by atoms with Gasteiger partial charge in [0.05, 0.1) is 5.51 Å². The van der Waals surface area contributed by atoms with E-state index in [1.54, 1.807) is 5.51 Å². The molecule has 0 aliphatic rings. The first kappa shape index (κ1) is 11.6. The summed E-state index contributed by atoms with van der Waals surface area (Å²) in [5.41, 5.74) is 6.29. The van der Waals surface area contributed by atoms with Crippen molar-refractivity contribution in [1.29, 1.82) is 5.26 Å². The van der Waals surface area contributed by atoms with E-state index in [4.69, 9.17) is 5.26 Å². The van der Waals surface area contributed by atoms with Crippen LogP contribution in [0.2, 0.25) is 0 Å². The van der Waals surface area contributed by atoms with Gasteiger partial charge in [0.15, 0.2) is 5.82 Å². The van der Waals surface area contributed by atoms with Crippen molar-refractivity contribution in [3.63, 3.8) is 0 Å². The molecule has 0 saturated heterocycles. The quantitative estimate of drug-likeness (QED) is 0.875. The smallest absolute Gasteiger partial charge is 0.159 e. The van der Waals surface area contributed by atoms with Crippen LogP contribution in [-0.4, -0.2) is 4.98 Å². The predicted molar refractivity (Wildman–Crippen MR) is 70.8 cm³/mol. The Bertz CT molecular complexity index is 570. The van der Waals surface area contributed by atoms with Crippen molar-refractivity contribution in [3.05, 3.63) is 39.2 Å². The van der Waals surface area contributed by atoms with Gasteiger partial charge in [0, 0.05) is 5.69 Å². The molecule has 0 bridgehead atoms. The third-order valence-electron chi connectivity index (χ3n) is 2.59. The Hall–Kier alpha value is -1.86. The van der Waals surface area contributed by atoms with Crippen molar-refractivity contribution in [2.24, 2.45) is 0 Å². The summed E-state index contributed by atoms with van der Waals surface area (Å²) in [5.74, 6) is 0.646. The first-order valence-corrected chi connectivity index (χ1v) is 6.18. The van der Waals surface area contributed by atoms with Crippen LogP contribution in [0.25, 0.3) is 0 Å². The number of nitriles is 1. The highest BCUT2D eigenvalue weighted by Gasteiger charge is 2.09. The zero-order valence-corrected chi connectivity index (χ0v) is 10.9. The SMILES string of the molecule is Cc1cc(C)c(Nc2ncsc2C#N)c(C)c1. The summed E-state index contributed by atoms with van der Waals surface area (Å²) in [7, 11) is 0. The molecule has 86 valence electrons. The number of hydrogen-bond acceptors (Lipinski definition) is 4. The van der Waals surface area contributed by atoms with Gasteiger partial charge in [-0.1, -0.05) is 17.7 Å². The fourth-order valence-corrected chi connectivity index (χ4v) is 2.44. The van der Waals surface area contributed by atoms with Crippen LogP contribution in [0.15, 0.2) is 17.6 Å². The molecule has 1 N–H and O–H groups in total. The average Bonchev–Trinajstić information content (AvgIpc) is 2.70. The van der Waals surface area contributed by atoms with E-state index in [9.17, 15) is 0 Å². The van der Waals surface area contributed by atoms with Gasteiger partial charge >= 0.3 is 0 Å². The number of benzene rings is 1. The van der Waals surface area contributed by atoms with Crippen LogP contribution in [0.5, 0.6) is 0 Å². The number of anilines is 2. The molecule has 1 aromatic carbocycles. The zero-order valence-electron chi connectivity index (χ0n) is 10.0. The molecule has 0 fully saturated rings. The minimum absolute atomic E-state index is 0.615. The highest BCUT2D eigenvalue weighted by Crippen LogP contribution is 2.27. The topological polar surface area (TPSA) is 48.7 Å². The lowest BCUT2D eigenvalue weighted by Crippen LogP contribution is -1.98. The third-order valence-corrected chi connectivity index (χ3v) is 3.32. The second-order valence-electron chi connectivity index (χ2n) is 4.04. The number of nitrogens with one attached hydrogen (secondary N) is 1. The van der Waals surface area contributed by atoms with Crippen molar-refractivity contribution >= 4 is 22.8 Å². The van der Waals surface area contributed by atoms with Crippen molar-refractivity contribution in [3.8, 4) is 6.07 Å². The molecule has 0 saturated carbocycles. The largest absolute Gasteiger partial charge is 0.338 e. The van der Waals surface area contributed by atoms with Crippen LogP contribution in [-0.2, 0) is 0 Å². The number of aromatic nitrogens is 1. The molecule has 4 heteroatoms. The molecule has 0 atom stereocenters. The van der Waals surface area contributed by atoms with Crippen molar-refractivity contribution in [1.82, 2.24) is 4.98 Å². The molecular weight excluding hydrogens is 230 g/mol. The number of thiazole rings is 1. The maximum atomic E-state index is 8.95. The normalized spacial score (nSPS) is 10.0. The van der Waals surface area contributed by atoms with E-state index in [0.29, 0.717) is 10.7 Å². The van der Waals surface area contributed by atoms with E-state index in [0.717, 1.165) is 5.69 Å². The van der Waals surface area contributed by atoms with Crippen LogP contribution in [0, 0.1) is 32.1 Å². The lowest BCUT2D eigenvalue weighted by Gasteiger charge is -2.12. The number of rotatable bonds is 2. The monoisotopic (exact) mass is 243 g/mol. The van der Waals surface area contributed by atoms with Gasteiger partial charge in [0.1, 0.15) is 10.9 Å². The minimum Gasteiger partial charge on any atom is -0.338 e. The van der Waals surface area contributed by atoms with E-state index >= 15 is 0 Å². The number of nitrogens with zero attached hydrogens (tertiary/aromatic N) is 2. The summed E-state index contributed by atoms with van der Waals surface area (Å²) in [6.45, 7) is 6.19. The Morgan fingerprint density at radius 3 is 2.47 bits per heavy atom. The standard InChI is InChI=1S/C13H13N3S/c1-8-4-9(2)12(10(3)5-8)16-13-11(6-14)17-7-15-13/h4-5,7,16H,1-3H3. The second kappa shape index (κ2) is 4.56. The molecule has 1 heterocycles. The van der Waals surface area contributed by atoms with Crippen LogP contribution in [0.1, 0.15) is 21.6 Å². The van der Waals surface area contributed by atoms with Crippen LogP contribution < -0.4 is 5.32 Å². The number of aryl methyl sites for hydroxylation is 3. The first-order chi connectivity index (χ1) is 8.11. The van der Waals surface area contributed by atoms with Gasteiger partial charge in [-0.15, -0.1) is 11.3 Å². The Kier molecular flexibility index (Phi) is 3.12. The van der Waals surface area contributed by atoms with Gasteiger partial charge in [-0.2, -0.15) is 5.26 Å². The molecule has 0 unspecified atom stereocenters. The second-order valence-corrected chi connectivity index (χ2v) is 4.90. The van der Waals surface area contributed by atoms with E-state index in [1.165, 1.54) is 28.0 Å².